The lowest BCUT2D eigenvalue weighted by molar-refractivity contribution is 0.00360. The smallest absolute Gasteiger partial charge is 0.108 e. The second-order valence-electron chi connectivity index (χ2n) is 8.61. The SMILES string of the molecule is CCCCCCCCCCCCCCCCCCC(O)N1CCN(C)C1. The van der Waals surface area contributed by atoms with Gasteiger partial charge in [0.25, 0.3) is 0 Å². The van der Waals surface area contributed by atoms with Gasteiger partial charge in [0, 0.05) is 13.1 Å². The highest BCUT2D eigenvalue weighted by Crippen LogP contribution is 2.15. The van der Waals surface area contributed by atoms with Crippen LogP contribution in [0.1, 0.15) is 116 Å². The van der Waals surface area contributed by atoms with Gasteiger partial charge in [0.2, 0.25) is 0 Å². The molecule has 1 aliphatic heterocycles. The summed E-state index contributed by atoms with van der Waals surface area (Å²) in [6, 6.07) is 0. The molecular weight excluding hydrogens is 320 g/mol. The zero-order valence-corrected chi connectivity index (χ0v) is 18.1. The summed E-state index contributed by atoms with van der Waals surface area (Å²) in [5.41, 5.74) is 0. The molecule has 0 radical (unpaired) electrons. The molecule has 1 aliphatic rings. The maximum Gasteiger partial charge on any atom is 0.108 e. The molecule has 1 N–H and O–H groups in total. The van der Waals surface area contributed by atoms with E-state index in [2.05, 4.69) is 23.8 Å². The largest absolute Gasteiger partial charge is 0.378 e. The summed E-state index contributed by atoms with van der Waals surface area (Å²) in [5.74, 6) is 0. The van der Waals surface area contributed by atoms with Crippen molar-refractivity contribution >= 4 is 0 Å². The molecule has 0 aromatic carbocycles. The molecule has 0 spiro atoms. The van der Waals surface area contributed by atoms with Gasteiger partial charge < -0.3 is 5.11 Å². The predicted molar refractivity (Wildman–Crippen MR) is 114 cm³/mol. The van der Waals surface area contributed by atoms with Gasteiger partial charge in [-0.1, -0.05) is 103 Å². The molecule has 1 heterocycles. The van der Waals surface area contributed by atoms with E-state index >= 15 is 0 Å². The van der Waals surface area contributed by atoms with Crippen LogP contribution in [0.3, 0.4) is 0 Å². The van der Waals surface area contributed by atoms with Crippen LogP contribution in [-0.2, 0) is 0 Å². The van der Waals surface area contributed by atoms with Gasteiger partial charge in [0.05, 0.1) is 6.67 Å². The molecule has 0 saturated carbocycles. The number of aliphatic hydroxyl groups excluding tert-OH is 1. The molecule has 1 atom stereocenters. The fourth-order valence-corrected chi connectivity index (χ4v) is 4.05. The van der Waals surface area contributed by atoms with E-state index in [1.165, 1.54) is 103 Å². The summed E-state index contributed by atoms with van der Waals surface area (Å²) in [4.78, 5) is 4.47. The van der Waals surface area contributed by atoms with Crippen molar-refractivity contribution in [2.45, 2.75) is 122 Å². The topological polar surface area (TPSA) is 26.7 Å². The van der Waals surface area contributed by atoms with E-state index in [4.69, 9.17) is 0 Å². The monoisotopic (exact) mass is 368 g/mol. The van der Waals surface area contributed by atoms with E-state index in [-0.39, 0.29) is 6.23 Å². The van der Waals surface area contributed by atoms with Crippen molar-refractivity contribution < 1.29 is 5.11 Å². The Labute approximate surface area is 164 Å². The maximum absolute atomic E-state index is 10.2. The molecule has 156 valence electrons. The van der Waals surface area contributed by atoms with Gasteiger partial charge >= 0.3 is 0 Å². The van der Waals surface area contributed by atoms with Crippen molar-refractivity contribution in [2.75, 3.05) is 26.8 Å². The third-order valence-electron chi connectivity index (χ3n) is 5.93. The van der Waals surface area contributed by atoms with Crippen LogP contribution < -0.4 is 0 Å². The standard InChI is InChI=1S/C23H48N2O/c1-3-4-5-6-7-8-9-10-11-12-13-14-15-16-17-18-19-23(26)25-21-20-24(2)22-25/h23,26H,3-22H2,1-2H3. The molecule has 0 aromatic heterocycles. The molecule has 26 heavy (non-hydrogen) atoms. The lowest BCUT2D eigenvalue weighted by atomic mass is 10.0. The van der Waals surface area contributed by atoms with Gasteiger partial charge in [0.15, 0.2) is 0 Å². The normalized spacial score (nSPS) is 17.2. The minimum Gasteiger partial charge on any atom is -0.378 e. The van der Waals surface area contributed by atoms with Gasteiger partial charge in [-0.3, -0.25) is 9.80 Å². The number of rotatable bonds is 18. The van der Waals surface area contributed by atoms with Crippen molar-refractivity contribution in [1.29, 1.82) is 0 Å². The summed E-state index contributed by atoms with van der Waals surface area (Å²) in [5, 5.41) is 10.2. The number of hydrogen-bond acceptors (Lipinski definition) is 3. The first-order valence-corrected chi connectivity index (χ1v) is 11.8. The van der Waals surface area contributed by atoms with E-state index in [9.17, 15) is 5.11 Å². The Morgan fingerprint density at radius 3 is 1.46 bits per heavy atom. The first kappa shape index (κ1) is 23.9. The minimum absolute atomic E-state index is 0.216. The molecule has 0 bridgehead atoms. The van der Waals surface area contributed by atoms with Gasteiger partial charge in [0.1, 0.15) is 6.23 Å². The zero-order valence-electron chi connectivity index (χ0n) is 18.1. The Bertz CT molecular complexity index is 298. The van der Waals surface area contributed by atoms with Gasteiger partial charge in [-0.25, -0.2) is 0 Å². The van der Waals surface area contributed by atoms with Crippen LogP contribution in [-0.4, -0.2) is 47.9 Å². The minimum atomic E-state index is -0.216. The van der Waals surface area contributed by atoms with E-state index in [1.807, 2.05) is 0 Å². The average Bonchev–Trinajstić information content (AvgIpc) is 3.07. The Balaban J connectivity index is 1.72. The number of hydrogen-bond donors (Lipinski definition) is 1. The number of likely N-dealkylation sites (N-methyl/N-ethyl adjacent to an activating group) is 1. The van der Waals surface area contributed by atoms with Gasteiger partial charge in [-0.2, -0.15) is 0 Å². The molecule has 1 fully saturated rings. The Kier molecular flexibility index (Phi) is 15.6. The van der Waals surface area contributed by atoms with Crippen LogP contribution in [0.25, 0.3) is 0 Å². The quantitative estimate of drug-likeness (QED) is 0.293. The molecule has 0 aliphatic carbocycles. The highest BCUT2D eigenvalue weighted by Gasteiger charge is 2.22. The van der Waals surface area contributed by atoms with Gasteiger partial charge in [-0.05, 0) is 19.9 Å². The summed E-state index contributed by atoms with van der Waals surface area (Å²) >= 11 is 0. The first-order valence-electron chi connectivity index (χ1n) is 11.8. The van der Waals surface area contributed by atoms with Crippen LogP contribution in [0.4, 0.5) is 0 Å². The molecule has 3 nitrogen and oxygen atoms in total. The third-order valence-corrected chi connectivity index (χ3v) is 5.93. The second-order valence-corrected chi connectivity index (χ2v) is 8.61. The fraction of sp³-hybridized carbons (Fsp3) is 1.00. The second kappa shape index (κ2) is 17.0. The molecule has 0 aromatic rings. The van der Waals surface area contributed by atoms with Crippen LogP contribution >= 0.6 is 0 Å². The van der Waals surface area contributed by atoms with E-state index in [1.54, 1.807) is 0 Å². The average molecular weight is 369 g/mol. The van der Waals surface area contributed by atoms with Crippen molar-refractivity contribution in [3.63, 3.8) is 0 Å². The molecule has 1 rings (SSSR count). The predicted octanol–water partition coefficient (Wildman–Crippen LogP) is 6.16. The van der Waals surface area contributed by atoms with E-state index < -0.39 is 0 Å². The molecular formula is C23H48N2O. The molecule has 0 amide bonds. The summed E-state index contributed by atoms with van der Waals surface area (Å²) in [7, 11) is 2.13. The fourth-order valence-electron chi connectivity index (χ4n) is 4.05. The highest BCUT2D eigenvalue weighted by atomic mass is 16.3. The Morgan fingerprint density at radius 2 is 1.08 bits per heavy atom. The molecule has 1 saturated heterocycles. The van der Waals surface area contributed by atoms with Crippen molar-refractivity contribution in [3.05, 3.63) is 0 Å². The zero-order chi connectivity index (χ0) is 18.9. The van der Waals surface area contributed by atoms with E-state index in [0.29, 0.717) is 0 Å². The third kappa shape index (κ3) is 13.1. The van der Waals surface area contributed by atoms with Crippen molar-refractivity contribution in [2.24, 2.45) is 0 Å². The van der Waals surface area contributed by atoms with Crippen molar-refractivity contribution in [1.82, 2.24) is 9.80 Å². The highest BCUT2D eigenvalue weighted by molar-refractivity contribution is 4.70. The number of aliphatic hydroxyl groups is 1. The maximum atomic E-state index is 10.2. The van der Waals surface area contributed by atoms with E-state index in [0.717, 1.165) is 26.2 Å². The lowest BCUT2D eigenvalue weighted by Gasteiger charge is -2.22. The van der Waals surface area contributed by atoms with Crippen LogP contribution in [0.15, 0.2) is 0 Å². The van der Waals surface area contributed by atoms with Crippen molar-refractivity contribution in [3.8, 4) is 0 Å². The first-order chi connectivity index (χ1) is 12.7. The molecule has 1 unspecified atom stereocenters. The summed E-state index contributed by atoms with van der Waals surface area (Å²) in [6.07, 6.45) is 23.2. The summed E-state index contributed by atoms with van der Waals surface area (Å²) < 4.78 is 0. The summed E-state index contributed by atoms with van der Waals surface area (Å²) in [6.45, 7) is 5.34. The van der Waals surface area contributed by atoms with Crippen LogP contribution in [0.2, 0.25) is 0 Å². The number of nitrogens with zero attached hydrogens (tertiary/aromatic N) is 2. The van der Waals surface area contributed by atoms with Gasteiger partial charge in [-0.15, -0.1) is 0 Å². The Morgan fingerprint density at radius 1 is 0.654 bits per heavy atom. The lowest BCUT2D eigenvalue weighted by Crippen LogP contribution is -2.34. The Hall–Kier alpha value is -0.120. The van der Waals surface area contributed by atoms with Crippen LogP contribution in [0.5, 0.6) is 0 Å². The number of unbranched alkanes of at least 4 members (excludes halogenated alkanes) is 15. The molecule has 3 heteroatoms. The van der Waals surface area contributed by atoms with Crippen LogP contribution in [0, 0.1) is 0 Å².